The average Bonchev–Trinajstić information content (AvgIpc) is 3.19. The van der Waals surface area contributed by atoms with E-state index >= 15 is 0 Å². The number of H-pyrrole nitrogens is 1. The first-order chi connectivity index (χ1) is 14.0. The summed E-state index contributed by atoms with van der Waals surface area (Å²) < 4.78 is 10.2. The third-order valence-electron chi connectivity index (χ3n) is 3.78. The van der Waals surface area contributed by atoms with Gasteiger partial charge in [-0.25, -0.2) is 5.43 Å². The summed E-state index contributed by atoms with van der Waals surface area (Å²) in [4.78, 5) is 23.3. The van der Waals surface area contributed by atoms with Crippen molar-refractivity contribution in [2.45, 2.75) is 6.92 Å². The normalized spacial score (nSPS) is 10.7. The lowest BCUT2D eigenvalue weighted by Gasteiger charge is -2.08. The highest BCUT2D eigenvalue weighted by Gasteiger charge is 2.11. The van der Waals surface area contributed by atoms with E-state index in [9.17, 15) is 9.59 Å². The van der Waals surface area contributed by atoms with Gasteiger partial charge in [-0.15, -0.1) is 0 Å². The van der Waals surface area contributed by atoms with Gasteiger partial charge in [-0.3, -0.25) is 14.7 Å². The van der Waals surface area contributed by atoms with Gasteiger partial charge in [0.25, 0.3) is 5.91 Å². The second kappa shape index (κ2) is 9.03. The van der Waals surface area contributed by atoms with Crippen LogP contribution in [0, 0.1) is 0 Å². The second-order valence-corrected chi connectivity index (χ2v) is 6.31. The summed E-state index contributed by atoms with van der Waals surface area (Å²) in [5, 5.41) is 11.3. The average molecular weight is 413 g/mol. The number of esters is 1. The number of hydrogen-bond donors (Lipinski definition) is 2. The van der Waals surface area contributed by atoms with Crippen LogP contribution in [0.5, 0.6) is 11.5 Å². The predicted octanol–water partition coefficient (Wildman–Crippen LogP) is 3.43. The van der Waals surface area contributed by atoms with Gasteiger partial charge in [0.05, 0.1) is 19.0 Å². The van der Waals surface area contributed by atoms with Crippen molar-refractivity contribution in [3.63, 3.8) is 0 Å². The van der Waals surface area contributed by atoms with Crippen LogP contribution in [-0.2, 0) is 4.79 Å². The highest BCUT2D eigenvalue weighted by Crippen LogP contribution is 2.27. The summed E-state index contributed by atoms with van der Waals surface area (Å²) in [6, 6.07) is 13.6. The molecule has 0 aliphatic carbocycles. The number of benzene rings is 2. The Morgan fingerprint density at radius 2 is 1.90 bits per heavy atom. The maximum absolute atomic E-state index is 12.2. The Hall–Kier alpha value is -3.65. The van der Waals surface area contributed by atoms with Crippen molar-refractivity contribution in [3.05, 3.63) is 64.8 Å². The fourth-order valence-electron chi connectivity index (χ4n) is 2.44. The van der Waals surface area contributed by atoms with E-state index < -0.39 is 11.9 Å². The van der Waals surface area contributed by atoms with Crippen molar-refractivity contribution < 1.29 is 19.1 Å². The van der Waals surface area contributed by atoms with Gasteiger partial charge in [-0.2, -0.15) is 10.2 Å². The molecule has 1 amide bonds. The largest absolute Gasteiger partial charge is 0.493 e. The van der Waals surface area contributed by atoms with Gasteiger partial charge in [0, 0.05) is 17.5 Å². The Labute approximate surface area is 171 Å². The zero-order chi connectivity index (χ0) is 20.8. The molecule has 148 valence electrons. The maximum atomic E-state index is 12.2. The number of rotatable bonds is 6. The van der Waals surface area contributed by atoms with Gasteiger partial charge in [0.15, 0.2) is 11.5 Å². The van der Waals surface area contributed by atoms with Crippen LogP contribution in [-0.4, -0.2) is 35.4 Å². The first kappa shape index (κ1) is 20.1. The molecule has 2 aromatic carbocycles. The molecule has 3 aromatic rings. The number of hydrogen-bond acceptors (Lipinski definition) is 6. The predicted molar refractivity (Wildman–Crippen MR) is 108 cm³/mol. The van der Waals surface area contributed by atoms with E-state index in [0.717, 1.165) is 5.56 Å². The number of nitrogens with one attached hydrogen (secondary N) is 2. The van der Waals surface area contributed by atoms with Crippen LogP contribution in [0.15, 0.2) is 53.6 Å². The van der Waals surface area contributed by atoms with Crippen LogP contribution < -0.4 is 14.9 Å². The molecule has 29 heavy (non-hydrogen) atoms. The minimum atomic E-state index is -0.450. The fourth-order valence-corrected chi connectivity index (χ4v) is 2.56. The van der Waals surface area contributed by atoms with Crippen LogP contribution in [0.25, 0.3) is 11.3 Å². The molecule has 1 aromatic heterocycles. The molecule has 9 heteroatoms. The van der Waals surface area contributed by atoms with Crippen molar-refractivity contribution in [3.8, 4) is 22.8 Å². The molecule has 3 rings (SSSR count). The zero-order valence-electron chi connectivity index (χ0n) is 15.6. The summed E-state index contributed by atoms with van der Waals surface area (Å²) in [6.45, 7) is 1.30. The summed E-state index contributed by atoms with van der Waals surface area (Å²) in [7, 11) is 1.46. The van der Waals surface area contributed by atoms with Crippen LogP contribution in [0.2, 0.25) is 5.02 Å². The standard InChI is InChI=1S/C20H17ClN4O4/c1-12(26)29-18-8-3-13(9-19(18)28-2)11-22-25-20(27)17-10-16(23-24-17)14-4-6-15(21)7-5-14/h3-11H,1-2H3,(H,23,24)(H,25,27). The second-order valence-electron chi connectivity index (χ2n) is 5.88. The number of carbonyl (C=O) groups is 2. The van der Waals surface area contributed by atoms with Crippen molar-refractivity contribution in [2.24, 2.45) is 5.10 Å². The molecular weight excluding hydrogens is 396 g/mol. The number of aromatic amines is 1. The van der Waals surface area contributed by atoms with Crippen molar-refractivity contribution in [1.82, 2.24) is 15.6 Å². The maximum Gasteiger partial charge on any atom is 0.308 e. The lowest BCUT2D eigenvalue weighted by molar-refractivity contribution is -0.132. The Bertz CT molecular complexity index is 1060. The number of ether oxygens (including phenoxy) is 2. The monoisotopic (exact) mass is 412 g/mol. The lowest BCUT2D eigenvalue weighted by atomic mass is 10.1. The van der Waals surface area contributed by atoms with E-state index in [0.29, 0.717) is 27.8 Å². The van der Waals surface area contributed by atoms with Crippen molar-refractivity contribution in [2.75, 3.05) is 7.11 Å². The molecule has 0 saturated heterocycles. The summed E-state index contributed by atoms with van der Waals surface area (Å²) >= 11 is 5.87. The van der Waals surface area contributed by atoms with Crippen LogP contribution in [0.3, 0.4) is 0 Å². The van der Waals surface area contributed by atoms with Gasteiger partial charge in [-0.05, 0) is 42.0 Å². The molecule has 0 unspecified atom stereocenters. The first-order valence-electron chi connectivity index (χ1n) is 8.47. The summed E-state index contributed by atoms with van der Waals surface area (Å²) in [6.07, 6.45) is 1.44. The number of halogens is 1. The quantitative estimate of drug-likeness (QED) is 0.279. The Kier molecular flexibility index (Phi) is 6.25. The first-order valence-corrected chi connectivity index (χ1v) is 8.85. The van der Waals surface area contributed by atoms with E-state index in [1.807, 2.05) is 12.1 Å². The zero-order valence-corrected chi connectivity index (χ0v) is 16.4. The van der Waals surface area contributed by atoms with Gasteiger partial charge < -0.3 is 9.47 Å². The van der Waals surface area contributed by atoms with Crippen molar-refractivity contribution in [1.29, 1.82) is 0 Å². The topological polar surface area (TPSA) is 106 Å². The van der Waals surface area contributed by atoms with Crippen LogP contribution in [0.4, 0.5) is 0 Å². The fraction of sp³-hybridized carbons (Fsp3) is 0.100. The molecule has 0 fully saturated rings. The number of amides is 1. The van der Waals surface area contributed by atoms with E-state index in [4.69, 9.17) is 21.1 Å². The molecule has 0 bridgehead atoms. The molecule has 1 heterocycles. The number of nitrogens with zero attached hydrogens (tertiary/aromatic N) is 2. The number of methoxy groups -OCH3 is 1. The summed E-state index contributed by atoms with van der Waals surface area (Å²) in [5.74, 6) is -0.225. The number of carbonyl (C=O) groups excluding carboxylic acids is 2. The van der Waals surface area contributed by atoms with Gasteiger partial charge in [0.1, 0.15) is 5.69 Å². The Balaban J connectivity index is 1.65. The minimum Gasteiger partial charge on any atom is -0.493 e. The molecule has 2 N–H and O–H groups in total. The highest BCUT2D eigenvalue weighted by atomic mass is 35.5. The summed E-state index contributed by atoms with van der Waals surface area (Å²) in [5.41, 5.74) is 4.76. The van der Waals surface area contributed by atoms with Gasteiger partial charge >= 0.3 is 5.97 Å². The molecule has 0 aliphatic rings. The smallest absolute Gasteiger partial charge is 0.308 e. The molecule has 0 aliphatic heterocycles. The van der Waals surface area contributed by atoms with E-state index in [-0.39, 0.29) is 5.69 Å². The Morgan fingerprint density at radius 1 is 1.14 bits per heavy atom. The van der Waals surface area contributed by atoms with Crippen LogP contribution >= 0.6 is 11.6 Å². The van der Waals surface area contributed by atoms with E-state index in [1.165, 1.54) is 20.2 Å². The van der Waals surface area contributed by atoms with E-state index in [2.05, 4.69) is 20.7 Å². The van der Waals surface area contributed by atoms with Gasteiger partial charge in [0.2, 0.25) is 0 Å². The molecule has 0 atom stereocenters. The van der Waals surface area contributed by atoms with E-state index in [1.54, 1.807) is 36.4 Å². The SMILES string of the molecule is COc1cc(C=NNC(=O)c2cc(-c3ccc(Cl)cc3)n[nH]2)ccc1OC(C)=O. The minimum absolute atomic E-state index is 0.259. The Morgan fingerprint density at radius 3 is 2.59 bits per heavy atom. The van der Waals surface area contributed by atoms with Gasteiger partial charge in [-0.1, -0.05) is 23.7 Å². The van der Waals surface area contributed by atoms with Crippen molar-refractivity contribution >= 4 is 29.7 Å². The lowest BCUT2D eigenvalue weighted by Crippen LogP contribution is -2.18. The van der Waals surface area contributed by atoms with Crippen LogP contribution in [0.1, 0.15) is 23.0 Å². The molecule has 0 radical (unpaired) electrons. The highest BCUT2D eigenvalue weighted by molar-refractivity contribution is 6.30. The molecule has 0 saturated carbocycles. The number of hydrazone groups is 1. The third-order valence-corrected chi connectivity index (χ3v) is 4.04. The molecular formula is C20H17ClN4O4. The molecule has 0 spiro atoms. The third kappa shape index (κ3) is 5.20. The number of aromatic nitrogens is 2. The molecule has 8 nitrogen and oxygen atoms in total.